The van der Waals surface area contributed by atoms with E-state index >= 15 is 0 Å². The molecule has 1 heterocycles. The summed E-state index contributed by atoms with van der Waals surface area (Å²) in [6.45, 7) is 6.03. The number of carbonyl (C=O) groups is 2. The molecule has 0 unspecified atom stereocenters. The summed E-state index contributed by atoms with van der Waals surface area (Å²) in [6, 6.07) is 10.6. The molecule has 0 radical (unpaired) electrons. The Labute approximate surface area is 168 Å². The molecule has 0 aliphatic carbocycles. The average molecular weight is 406 g/mol. The zero-order chi connectivity index (χ0) is 19.6. The number of nitrogens with zero attached hydrogens (tertiary/aromatic N) is 2. The number of para-hydroxylation sites is 1. The van der Waals surface area contributed by atoms with Gasteiger partial charge in [-0.3, -0.25) is 9.59 Å². The van der Waals surface area contributed by atoms with Crippen molar-refractivity contribution < 1.29 is 9.59 Å². The van der Waals surface area contributed by atoms with Crippen molar-refractivity contribution in [3.63, 3.8) is 0 Å². The molecule has 1 fully saturated rings. The van der Waals surface area contributed by atoms with Gasteiger partial charge in [0.25, 0.3) is 5.91 Å². The summed E-state index contributed by atoms with van der Waals surface area (Å²) in [5, 5.41) is 4.05. The normalized spacial score (nSPS) is 14.2. The molecule has 27 heavy (non-hydrogen) atoms. The van der Waals surface area contributed by atoms with Crippen molar-refractivity contribution in [2.75, 3.05) is 36.4 Å². The predicted octanol–water partition coefficient (Wildman–Crippen LogP) is 4.22. The van der Waals surface area contributed by atoms with E-state index in [0.717, 1.165) is 11.3 Å². The Balaban J connectivity index is 1.82. The fourth-order valence-electron chi connectivity index (χ4n) is 3.11. The SMILES string of the molecule is CC(=O)N1CCN(c2c(Cl)cccc2NC(=O)c2ccc(C)c(Cl)c2)CC1. The van der Waals surface area contributed by atoms with Crippen LogP contribution in [0.2, 0.25) is 10.0 Å². The Morgan fingerprint density at radius 2 is 1.70 bits per heavy atom. The van der Waals surface area contributed by atoms with E-state index in [1.807, 2.05) is 19.1 Å². The van der Waals surface area contributed by atoms with Gasteiger partial charge in [-0.15, -0.1) is 0 Å². The van der Waals surface area contributed by atoms with Crippen LogP contribution in [0.15, 0.2) is 36.4 Å². The molecule has 0 aromatic heterocycles. The maximum Gasteiger partial charge on any atom is 0.255 e. The minimum atomic E-state index is -0.247. The van der Waals surface area contributed by atoms with E-state index in [2.05, 4.69) is 10.2 Å². The first-order valence-corrected chi connectivity index (χ1v) is 9.49. The summed E-state index contributed by atoms with van der Waals surface area (Å²) in [7, 11) is 0. The fraction of sp³-hybridized carbons (Fsp3) is 0.300. The lowest BCUT2D eigenvalue weighted by Crippen LogP contribution is -2.48. The van der Waals surface area contributed by atoms with Gasteiger partial charge in [0.2, 0.25) is 5.91 Å². The van der Waals surface area contributed by atoms with Crippen molar-refractivity contribution in [2.45, 2.75) is 13.8 Å². The second-order valence-corrected chi connectivity index (χ2v) is 7.36. The van der Waals surface area contributed by atoms with Crippen LogP contribution in [0.25, 0.3) is 0 Å². The van der Waals surface area contributed by atoms with Crippen LogP contribution in [0.3, 0.4) is 0 Å². The highest BCUT2D eigenvalue weighted by molar-refractivity contribution is 6.34. The van der Waals surface area contributed by atoms with Gasteiger partial charge in [-0.1, -0.05) is 35.3 Å². The predicted molar refractivity (Wildman–Crippen MR) is 110 cm³/mol. The number of aryl methyl sites for hydroxylation is 1. The van der Waals surface area contributed by atoms with E-state index in [9.17, 15) is 9.59 Å². The molecule has 0 bridgehead atoms. The number of amides is 2. The lowest BCUT2D eigenvalue weighted by atomic mass is 10.1. The van der Waals surface area contributed by atoms with Crippen LogP contribution in [0, 0.1) is 6.92 Å². The molecule has 5 nitrogen and oxygen atoms in total. The molecular weight excluding hydrogens is 385 g/mol. The smallest absolute Gasteiger partial charge is 0.255 e. The van der Waals surface area contributed by atoms with Crippen molar-refractivity contribution in [1.29, 1.82) is 0 Å². The number of anilines is 2. The number of hydrogen-bond donors (Lipinski definition) is 1. The highest BCUT2D eigenvalue weighted by atomic mass is 35.5. The lowest BCUT2D eigenvalue weighted by Gasteiger charge is -2.37. The Kier molecular flexibility index (Phi) is 5.92. The molecule has 0 saturated carbocycles. The van der Waals surface area contributed by atoms with Crippen molar-refractivity contribution in [3.05, 3.63) is 57.6 Å². The highest BCUT2D eigenvalue weighted by Crippen LogP contribution is 2.35. The summed E-state index contributed by atoms with van der Waals surface area (Å²) in [4.78, 5) is 28.1. The molecule has 0 spiro atoms. The maximum absolute atomic E-state index is 12.7. The summed E-state index contributed by atoms with van der Waals surface area (Å²) in [6.07, 6.45) is 0. The second-order valence-electron chi connectivity index (χ2n) is 6.55. The number of halogens is 2. The third kappa shape index (κ3) is 4.37. The summed E-state index contributed by atoms with van der Waals surface area (Å²) < 4.78 is 0. The van der Waals surface area contributed by atoms with E-state index in [4.69, 9.17) is 23.2 Å². The van der Waals surface area contributed by atoms with E-state index in [1.54, 1.807) is 36.1 Å². The number of hydrogen-bond acceptors (Lipinski definition) is 3. The topological polar surface area (TPSA) is 52.7 Å². The summed E-state index contributed by atoms with van der Waals surface area (Å²) in [5.41, 5.74) is 2.81. The lowest BCUT2D eigenvalue weighted by molar-refractivity contribution is -0.129. The van der Waals surface area contributed by atoms with Crippen molar-refractivity contribution in [2.24, 2.45) is 0 Å². The first kappa shape index (κ1) is 19.5. The van der Waals surface area contributed by atoms with Crippen LogP contribution in [0.1, 0.15) is 22.8 Å². The minimum absolute atomic E-state index is 0.0681. The van der Waals surface area contributed by atoms with Crippen LogP contribution in [-0.2, 0) is 4.79 Å². The zero-order valence-corrected chi connectivity index (χ0v) is 16.8. The van der Waals surface area contributed by atoms with E-state index < -0.39 is 0 Å². The van der Waals surface area contributed by atoms with Gasteiger partial charge >= 0.3 is 0 Å². The maximum atomic E-state index is 12.7. The Morgan fingerprint density at radius 1 is 1.00 bits per heavy atom. The van der Waals surface area contributed by atoms with Gasteiger partial charge in [-0.25, -0.2) is 0 Å². The van der Waals surface area contributed by atoms with Crippen LogP contribution < -0.4 is 10.2 Å². The van der Waals surface area contributed by atoms with Crippen LogP contribution >= 0.6 is 23.2 Å². The standard InChI is InChI=1S/C20H21Cl2N3O2/c1-13-6-7-15(12-17(13)22)20(27)23-18-5-3-4-16(21)19(18)25-10-8-24(9-11-25)14(2)26/h3-7,12H,8-11H2,1-2H3,(H,23,27). The van der Waals surface area contributed by atoms with Crippen molar-refractivity contribution in [3.8, 4) is 0 Å². The van der Waals surface area contributed by atoms with Crippen molar-refractivity contribution in [1.82, 2.24) is 4.90 Å². The quantitative estimate of drug-likeness (QED) is 0.831. The van der Waals surface area contributed by atoms with Gasteiger partial charge in [0, 0.05) is 43.7 Å². The molecule has 3 rings (SSSR count). The zero-order valence-electron chi connectivity index (χ0n) is 15.3. The second kappa shape index (κ2) is 8.19. The summed E-state index contributed by atoms with van der Waals surface area (Å²) >= 11 is 12.6. The van der Waals surface area contributed by atoms with Gasteiger partial charge in [0.05, 0.1) is 16.4 Å². The molecule has 2 aromatic rings. The Hall–Kier alpha value is -2.24. The minimum Gasteiger partial charge on any atom is -0.365 e. The molecular formula is C20H21Cl2N3O2. The van der Waals surface area contributed by atoms with E-state index in [0.29, 0.717) is 47.5 Å². The molecule has 1 aliphatic heterocycles. The van der Waals surface area contributed by atoms with Crippen molar-refractivity contribution >= 4 is 46.4 Å². The van der Waals surface area contributed by atoms with Crippen LogP contribution in [-0.4, -0.2) is 42.9 Å². The molecule has 2 amide bonds. The van der Waals surface area contributed by atoms with Gasteiger partial charge in [0.1, 0.15) is 0 Å². The van der Waals surface area contributed by atoms with Crippen LogP contribution in [0.5, 0.6) is 0 Å². The van der Waals surface area contributed by atoms with Gasteiger partial charge < -0.3 is 15.1 Å². The Morgan fingerprint density at radius 3 is 2.33 bits per heavy atom. The van der Waals surface area contributed by atoms with Crippen LogP contribution in [0.4, 0.5) is 11.4 Å². The average Bonchev–Trinajstić information content (AvgIpc) is 2.64. The molecule has 1 N–H and O–H groups in total. The molecule has 2 aromatic carbocycles. The first-order chi connectivity index (χ1) is 12.9. The number of carbonyl (C=O) groups excluding carboxylic acids is 2. The number of rotatable bonds is 3. The highest BCUT2D eigenvalue weighted by Gasteiger charge is 2.23. The largest absolute Gasteiger partial charge is 0.365 e. The molecule has 142 valence electrons. The number of nitrogens with one attached hydrogen (secondary N) is 1. The molecule has 7 heteroatoms. The van der Waals surface area contributed by atoms with E-state index in [1.165, 1.54) is 0 Å². The molecule has 1 aliphatic rings. The monoisotopic (exact) mass is 405 g/mol. The first-order valence-electron chi connectivity index (χ1n) is 8.73. The molecule has 1 saturated heterocycles. The van der Waals surface area contributed by atoms with Gasteiger partial charge in [-0.05, 0) is 36.8 Å². The third-order valence-electron chi connectivity index (χ3n) is 4.71. The Bertz CT molecular complexity index is 878. The summed E-state index contributed by atoms with van der Waals surface area (Å²) in [5.74, 6) is -0.179. The van der Waals surface area contributed by atoms with Gasteiger partial charge in [-0.2, -0.15) is 0 Å². The number of piperazine rings is 1. The van der Waals surface area contributed by atoms with E-state index in [-0.39, 0.29) is 11.8 Å². The van der Waals surface area contributed by atoms with Gasteiger partial charge in [0.15, 0.2) is 0 Å². The molecule has 0 atom stereocenters. The number of benzene rings is 2. The third-order valence-corrected chi connectivity index (χ3v) is 5.42. The fourth-order valence-corrected chi connectivity index (χ4v) is 3.59.